The number of hydrogen-bond donors (Lipinski definition) is 2. The van der Waals surface area contributed by atoms with Gasteiger partial charge in [-0.25, -0.2) is 4.79 Å². The Labute approximate surface area is 117 Å². The second kappa shape index (κ2) is 7.74. The maximum absolute atomic E-state index is 11.6. The number of carbonyl (C=O) groups excluding carboxylic acids is 1. The summed E-state index contributed by atoms with van der Waals surface area (Å²) in [5.74, 6) is -1.35. The number of amides is 1. The lowest BCUT2D eigenvalue weighted by molar-refractivity contribution is -0.141. The van der Waals surface area contributed by atoms with E-state index in [1.807, 2.05) is 26.0 Å². The van der Waals surface area contributed by atoms with E-state index in [0.29, 0.717) is 6.42 Å². The number of carbonyl (C=O) groups is 2. The van der Waals surface area contributed by atoms with E-state index in [2.05, 4.69) is 5.32 Å². The lowest BCUT2D eigenvalue weighted by atomic mass is 10.1. The molecule has 0 aliphatic rings. The van der Waals surface area contributed by atoms with Gasteiger partial charge in [0, 0.05) is 15.8 Å². The SMILES string of the molecule is CCCC[C@H](NC(=O)/C=C/c1ccc(C)s1)C(=O)O. The number of carboxylic acids is 1. The first-order valence-electron chi connectivity index (χ1n) is 6.30. The van der Waals surface area contributed by atoms with Gasteiger partial charge in [0.1, 0.15) is 6.04 Å². The Balaban J connectivity index is 2.52. The van der Waals surface area contributed by atoms with Gasteiger partial charge in [-0.05, 0) is 31.6 Å². The number of aryl methyl sites for hydroxylation is 1. The van der Waals surface area contributed by atoms with Crippen molar-refractivity contribution in [3.63, 3.8) is 0 Å². The number of unbranched alkanes of at least 4 members (excludes halogenated alkanes) is 1. The third-order valence-corrected chi connectivity index (χ3v) is 3.59. The van der Waals surface area contributed by atoms with Gasteiger partial charge in [0.2, 0.25) is 5.91 Å². The van der Waals surface area contributed by atoms with E-state index in [4.69, 9.17) is 5.11 Å². The molecule has 1 atom stereocenters. The minimum Gasteiger partial charge on any atom is -0.480 e. The number of nitrogens with one attached hydrogen (secondary N) is 1. The molecular formula is C14H19NO3S. The lowest BCUT2D eigenvalue weighted by Gasteiger charge is -2.12. The highest BCUT2D eigenvalue weighted by atomic mass is 32.1. The van der Waals surface area contributed by atoms with Gasteiger partial charge >= 0.3 is 5.97 Å². The van der Waals surface area contributed by atoms with Crippen LogP contribution in [0.25, 0.3) is 6.08 Å². The minimum absolute atomic E-state index is 0.366. The molecule has 1 amide bonds. The van der Waals surface area contributed by atoms with Crippen molar-refractivity contribution in [3.05, 3.63) is 28.0 Å². The van der Waals surface area contributed by atoms with Gasteiger partial charge in [-0.2, -0.15) is 0 Å². The van der Waals surface area contributed by atoms with Crippen LogP contribution in [0.1, 0.15) is 35.9 Å². The van der Waals surface area contributed by atoms with Crippen LogP contribution in [-0.4, -0.2) is 23.0 Å². The first kappa shape index (κ1) is 15.4. The normalized spacial score (nSPS) is 12.5. The first-order chi connectivity index (χ1) is 9.02. The second-order valence-electron chi connectivity index (χ2n) is 4.32. The van der Waals surface area contributed by atoms with Crippen LogP contribution in [0.2, 0.25) is 0 Å². The summed E-state index contributed by atoms with van der Waals surface area (Å²) in [6.07, 6.45) is 5.23. The van der Waals surface area contributed by atoms with Crippen LogP contribution in [0.3, 0.4) is 0 Å². The van der Waals surface area contributed by atoms with Gasteiger partial charge in [-0.3, -0.25) is 4.79 Å². The van der Waals surface area contributed by atoms with Crippen LogP contribution in [0, 0.1) is 6.92 Å². The summed E-state index contributed by atoms with van der Waals surface area (Å²) in [7, 11) is 0. The van der Waals surface area contributed by atoms with E-state index in [0.717, 1.165) is 17.7 Å². The summed E-state index contributed by atoms with van der Waals surface area (Å²) in [6, 6.07) is 3.10. The molecule has 0 spiro atoms. The van der Waals surface area contributed by atoms with Crippen molar-refractivity contribution >= 4 is 29.3 Å². The third kappa shape index (κ3) is 5.70. The molecule has 0 unspecified atom stereocenters. The highest BCUT2D eigenvalue weighted by Crippen LogP contribution is 2.16. The Hall–Kier alpha value is -1.62. The number of rotatable bonds is 7. The number of aliphatic carboxylic acids is 1. The van der Waals surface area contributed by atoms with E-state index < -0.39 is 12.0 Å². The Morgan fingerprint density at radius 2 is 2.21 bits per heavy atom. The van der Waals surface area contributed by atoms with Crippen LogP contribution < -0.4 is 5.32 Å². The molecule has 4 nitrogen and oxygen atoms in total. The molecule has 0 aliphatic heterocycles. The first-order valence-corrected chi connectivity index (χ1v) is 7.12. The van der Waals surface area contributed by atoms with E-state index >= 15 is 0 Å². The van der Waals surface area contributed by atoms with Crippen LogP contribution in [0.4, 0.5) is 0 Å². The van der Waals surface area contributed by atoms with Crippen LogP contribution in [0.5, 0.6) is 0 Å². The third-order valence-electron chi connectivity index (χ3n) is 2.62. The highest BCUT2D eigenvalue weighted by molar-refractivity contribution is 7.12. The maximum atomic E-state index is 11.6. The average molecular weight is 281 g/mol. The summed E-state index contributed by atoms with van der Waals surface area (Å²) in [6.45, 7) is 3.98. The molecule has 1 rings (SSSR count). The fourth-order valence-corrected chi connectivity index (χ4v) is 2.37. The zero-order chi connectivity index (χ0) is 14.3. The van der Waals surface area contributed by atoms with Crippen molar-refractivity contribution in [2.24, 2.45) is 0 Å². The molecule has 0 aliphatic carbocycles. The molecule has 1 aromatic rings. The standard InChI is InChI=1S/C14H19NO3S/c1-3-4-5-12(14(17)18)15-13(16)9-8-11-7-6-10(2)19-11/h6-9,12H,3-5H2,1-2H3,(H,15,16)(H,17,18)/b9-8+/t12-/m0/s1. The summed E-state index contributed by atoms with van der Waals surface area (Å²) >= 11 is 1.59. The maximum Gasteiger partial charge on any atom is 0.326 e. The summed E-state index contributed by atoms with van der Waals surface area (Å²) in [5.41, 5.74) is 0. The van der Waals surface area contributed by atoms with Crippen molar-refractivity contribution in [2.45, 2.75) is 39.2 Å². The molecule has 0 saturated heterocycles. The predicted molar refractivity (Wildman–Crippen MR) is 77.2 cm³/mol. The van der Waals surface area contributed by atoms with E-state index in [9.17, 15) is 9.59 Å². The molecule has 19 heavy (non-hydrogen) atoms. The molecule has 0 fully saturated rings. The smallest absolute Gasteiger partial charge is 0.326 e. The van der Waals surface area contributed by atoms with Gasteiger partial charge in [0.05, 0.1) is 0 Å². The molecule has 1 aromatic heterocycles. The van der Waals surface area contributed by atoms with Crippen molar-refractivity contribution in [2.75, 3.05) is 0 Å². The van der Waals surface area contributed by atoms with Crippen LogP contribution >= 0.6 is 11.3 Å². The zero-order valence-electron chi connectivity index (χ0n) is 11.2. The van der Waals surface area contributed by atoms with E-state index in [1.54, 1.807) is 17.4 Å². The van der Waals surface area contributed by atoms with Gasteiger partial charge in [-0.15, -0.1) is 11.3 Å². The molecule has 104 valence electrons. The minimum atomic E-state index is -0.984. The lowest BCUT2D eigenvalue weighted by Crippen LogP contribution is -2.39. The average Bonchev–Trinajstić information content (AvgIpc) is 2.77. The fourth-order valence-electron chi connectivity index (χ4n) is 1.59. The van der Waals surface area contributed by atoms with E-state index in [-0.39, 0.29) is 5.91 Å². The topological polar surface area (TPSA) is 66.4 Å². The van der Waals surface area contributed by atoms with Crippen molar-refractivity contribution in [1.29, 1.82) is 0 Å². The Bertz CT molecular complexity index is 465. The van der Waals surface area contributed by atoms with Crippen molar-refractivity contribution in [3.8, 4) is 0 Å². The number of hydrogen-bond acceptors (Lipinski definition) is 3. The summed E-state index contributed by atoms with van der Waals surface area (Å²) in [4.78, 5) is 24.8. The van der Waals surface area contributed by atoms with Crippen molar-refractivity contribution in [1.82, 2.24) is 5.32 Å². The molecular weight excluding hydrogens is 262 g/mol. The Kier molecular flexibility index (Phi) is 6.29. The molecule has 5 heteroatoms. The van der Waals surface area contributed by atoms with Gasteiger partial charge in [0.25, 0.3) is 0 Å². The summed E-state index contributed by atoms with van der Waals surface area (Å²) in [5, 5.41) is 11.5. The van der Waals surface area contributed by atoms with Gasteiger partial charge < -0.3 is 10.4 Å². The molecule has 1 heterocycles. The van der Waals surface area contributed by atoms with Gasteiger partial charge in [0.15, 0.2) is 0 Å². The van der Waals surface area contributed by atoms with Crippen molar-refractivity contribution < 1.29 is 14.7 Å². The van der Waals surface area contributed by atoms with Gasteiger partial charge in [-0.1, -0.05) is 19.8 Å². The number of thiophene rings is 1. The van der Waals surface area contributed by atoms with E-state index in [1.165, 1.54) is 11.0 Å². The Morgan fingerprint density at radius 1 is 1.47 bits per heavy atom. The molecule has 2 N–H and O–H groups in total. The summed E-state index contributed by atoms with van der Waals surface area (Å²) < 4.78 is 0. The quantitative estimate of drug-likeness (QED) is 0.755. The largest absolute Gasteiger partial charge is 0.480 e. The molecule has 0 bridgehead atoms. The molecule has 0 radical (unpaired) electrons. The molecule has 0 aromatic carbocycles. The number of carboxylic acid groups (broad SMARTS) is 1. The Morgan fingerprint density at radius 3 is 2.74 bits per heavy atom. The zero-order valence-corrected chi connectivity index (χ0v) is 12.0. The fraction of sp³-hybridized carbons (Fsp3) is 0.429. The second-order valence-corrected chi connectivity index (χ2v) is 5.64. The molecule has 0 saturated carbocycles. The van der Waals surface area contributed by atoms with Crippen LogP contribution in [-0.2, 0) is 9.59 Å². The van der Waals surface area contributed by atoms with Crippen LogP contribution in [0.15, 0.2) is 18.2 Å². The highest BCUT2D eigenvalue weighted by Gasteiger charge is 2.17. The predicted octanol–water partition coefficient (Wildman–Crippen LogP) is 2.83. The monoisotopic (exact) mass is 281 g/mol.